The lowest BCUT2D eigenvalue weighted by Gasteiger charge is -2.37. The van der Waals surface area contributed by atoms with Gasteiger partial charge in [-0.25, -0.2) is 0 Å². The Balaban J connectivity index is 2.35. The zero-order chi connectivity index (χ0) is 11.1. The molecule has 0 N–H and O–H groups in total. The third kappa shape index (κ3) is 4.28. The van der Waals surface area contributed by atoms with E-state index in [4.69, 9.17) is 22.2 Å². The van der Waals surface area contributed by atoms with E-state index in [0.717, 1.165) is 0 Å². The van der Waals surface area contributed by atoms with Crippen molar-refractivity contribution >= 4 is 29.6 Å². The first-order chi connectivity index (χ1) is 7.21. The van der Waals surface area contributed by atoms with Gasteiger partial charge in [0.25, 0.3) is 0 Å². The SMILES string of the molecule is CCCCCCC1([SiH](Cl)Cl)CCCCC1. The number of halogens is 2. The summed E-state index contributed by atoms with van der Waals surface area (Å²) in [6, 6.07) is 0. The summed E-state index contributed by atoms with van der Waals surface area (Å²) in [7, 11) is -1.49. The van der Waals surface area contributed by atoms with Crippen molar-refractivity contribution in [2.75, 3.05) is 0 Å². The van der Waals surface area contributed by atoms with E-state index in [1.807, 2.05) is 0 Å². The van der Waals surface area contributed by atoms with E-state index in [2.05, 4.69) is 6.92 Å². The van der Waals surface area contributed by atoms with Crippen LogP contribution in [0.1, 0.15) is 71.1 Å². The van der Waals surface area contributed by atoms with Gasteiger partial charge in [-0.15, -0.1) is 22.2 Å². The zero-order valence-corrected chi connectivity index (χ0v) is 12.6. The van der Waals surface area contributed by atoms with Crippen molar-refractivity contribution in [2.24, 2.45) is 0 Å². The largest absolute Gasteiger partial charge is 0.243 e. The second kappa shape index (κ2) is 7.19. The molecule has 15 heavy (non-hydrogen) atoms. The van der Waals surface area contributed by atoms with E-state index in [-0.39, 0.29) is 0 Å². The Kier molecular flexibility index (Phi) is 6.64. The van der Waals surface area contributed by atoms with Crippen LogP contribution in [0, 0.1) is 0 Å². The Hall–Kier alpha value is 0.797. The van der Waals surface area contributed by atoms with Crippen LogP contribution >= 0.6 is 22.2 Å². The molecule has 0 aromatic heterocycles. The number of hydrogen-bond donors (Lipinski definition) is 0. The lowest BCUT2D eigenvalue weighted by molar-refractivity contribution is 0.345. The highest BCUT2D eigenvalue weighted by atomic mass is 35.7. The molecule has 3 heteroatoms. The predicted octanol–water partition coefficient (Wildman–Crippen LogP) is 5.36. The van der Waals surface area contributed by atoms with Crippen molar-refractivity contribution in [1.82, 2.24) is 0 Å². The van der Waals surface area contributed by atoms with Gasteiger partial charge in [-0.05, 0) is 24.3 Å². The summed E-state index contributed by atoms with van der Waals surface area (Å²) >= 11 is 12.7. The maximum absolute atomic E-state index is 6.33. The first-order valence-electron chi connectivity index (χ1n) is 6.49. The van der Waals surface area contributed by atoms with Gasteiger partial charge in [0, 0.05) is 0 Å². The molecule has 90 valence electrons. The minimum absolute atomic E-state index is 0.398. The van der Waals surface area contributed by atoms with Gasteiger partial charge < -0.3 is 0 Å². The van der Waals surface area contributed by atoms with Crippen molar-refractivity contribution in [3.05, 3.63) is 0 Å². The van der Waals surface area contributed by atoms with Gasteiger partial charge in [0.05, 0.1) is 0 Å². The lowest BCUT2D eigenvalue weighted by Crippen LogP contribution is -2.27. The number of hydrogen-bond acceptors (Lipinski definition) is 0. The lowest BCUT2D eigenvalue weighted by atomic mass is 9.84. The summed E-state index contributed by atoms with van der Waals surface area (Å²) in [6.45, 7) is 2.26. The van der Waals surface area contributed by atoms with E-state index < -0.39 is 7.42 Å². The average Bonchev–Trinajstić information content (AvgIpc) is 2.26. The molecular weight excluding hydrogens is 243 g/mol. The highest BCUT2D eigenvalue weighted by Gasteiger charge is 2.38. The van der Waals surface area contributed by atoms with Crippen molar-refractivity contribution in [3.63, 3.8) is 0 Å². The third-order valence-electron chi connectivity index (χ3n) is 3.84. The maximum Gasteiger partial charge on any atom is 0.243 e. The molecule has 0 bridgehead atoms. The second-order valence-corrected chi connectivity index (χ2v) is 10.1. The fraction of sp³-hybridized carbons (Fsp3) is 1.00. The average molecular weight is 267 g/mol. The molecule has 0 aromatic carbocycles. The summed E-state index contributed by atoms with van der Waals surface area (Å²) in [6.07, 6.45) is 13.4. The van der Waals surface area contributed by atoms with E-state index in [9.17, 15) is 0 Å². The van der Waals surface area contributed by atoms with Crippen LogP contribution in [0.2, 0.25) is 5.04 Å². The second-order valence-electron chi connectivity index (χ2n) is 5.03. The van der Waals surface area contributed by atoms with Crippen LogP contribution in [0.15, 0.2) is 0 Å². The topological polar surface area (TPSA) is 0 Å². The molecule has 0 amide bonds. The first-order valence-corrected chi connectivity index (χ1v) is 10.6. The highest BCUT2D eigenvalue weighted by molar-refractivity contribution is 7.35. The molecule has 0 nitrogen and oxygen atoms in total. The molecule has 0 spiro atoms. The molecule has 1 saturated carbocycles. The smallest absolute Gasteiger partial charge is 0.150 e. The van der Waals surface area contributed by atoms with Crippen LogP contribution in [0.25, 0.3) is 0 Å². The van der Waals surface area contributed by atoms with Crippen molar-refractivity contribution in [1.29, 1.82) is 0 Å². The zero-order valence-electron chi connectivity index (χ0n) is 9.90. The molecule has 0 saturated heterocycles. The number of unbranched alkanes of at least 4 members (excludes halogenated alkanes) is 3. The van der Waals surface area contributed by atoms with Crippen LogP contribution in [0.4, 0.5) is 0 Å². The minimum Gasteiger partial charge on any atom is -0.150 e. The van der Waals surface area contributed by atoms with Crippen molar-refractivity contribution in [2.45, 2.75) is 76.2 Å². The molecule has 0 heterocycles. The van der Waals surface area contributed by atoms with Crippen LogP contribution in [0.5, 0.6) is 0 Å². The van der Waals surface area contributed by atoms with Gasteiger partial charge in [0.15, 0.2) is 0 Å². The summed E-state index contributed by atoms with van der Waals surface area (Å²) in [5, 5.41) is 0.398. The van der Waals surface area contributed by atoms with Crippen LogP contribution in [-0.2, 0) is 0 Å². The molecule has 1 rings (SSSR count). The molecular formula is C12H24Cl2Si. The van der Waals surface area contributed by atoms with Gasteiger partial charge in [-0.3, -0.25) is 0 Å². The predicted molar refractivity (Wildman–Crippen MR) is 73.4 cm³/mol. The summed E-state index contributed by atoms with van der Waals surface area (Å²) in [5.41, 5.74) is 0. The van der Waals surface area contributed by atoms with Crippen molar-refractivity contribution < 1.29 is 0 Å². The van der Waals surface area contributed by atoms with E-state index >= 15 is 0 Å². The van der Waals surface area contributed by atoms with Crippen LogP contribution in [0.3, 0.4) is 0 Å². The Labute approximate surface area is 106 Å². The third-order valence-corrected chi connectivity index (χ3v) is 8.41. The summed E-state index contributed by atoms with van der Waals surface area (Å²) < 4.78 is 0. The van der Waals surface area contributed by atoms with Gasteiger partial charge in [0.2, 0.25) is 7.42 Å². The van der Waals surface area contributed by atoms with Gasteiger partial charge in [0.1, 0.15) is 0 Å². The molecule has 1 fully saturated rings. The molecule has 0 aliphatic heterocycles. The summed E-state index contributed by atoms with van der Waals surface area (Å²) in [5.74, 6) is 0. The van der Waals surface area contributed by atoms with Crippen LogP contribution < -0.4 is 0 Å². The first kappa shape index (κ1) is 13.9. The van der Waals surface area contributed by atoms with Gasteiger partial charge >= 0.3 is 0 Å². The molecule has 0 unspecified atom stereocenters. The Bertz CT molecular complexity index is 165. The molecule has 1 aliphatic rings. The fourth-order valence-corrected chi connectivity index (χ4v) is 5.97. The van der Waals surface area contributed by atoms with E-state index in [1.165, 1.54) is 64.2 Å². The standard InChI is InChI=1S/C12H24Cl2Si/c1-2-3-4-6-9-12(15(13)14)10-7-5-8-11-12/h15H,2-11H2,1H3. The fourth-order valence-electron chi connectivity index (χ4n) is 2.74. The molecule has 0 radical (unpaired) electrons. The minimum atomic E-state index is -1.49. The normalized spacial score (nSPS) is 20.8. The number of rotatable bonds is 6. The van der Waals surface area contributed by atoms with E-state index in [1.54, 1.807) is 0 Å². The van der Waals surface area contributed by atoms with Gasteiger partial charge in [-0.1, -0.05) is 51.9 Å². The molecule has 0 aromatic rings. The Morgan fingerprint density at radius 1 is 1.00 bits per heavy atom. The quantitative estimate of drug-likeness (QED) is 0.345. The Morgan fingerprint density at radius 3 is 2.20 bits per heavy atom. The Morgan fingerprint density at radius 2 is 1.67 bits per heavy atom. The maximum atomic E-state index is 6.33. The molecule has 1 aliphatic carbocycles. The molecule has 0 atom stereocenters. The van der Waals surface area contributed by atoms with Crippen LogP contribution in [-0.4, -0.2) is 7.42 Å². The van der Waals surface area contributed by atoms with E-state index in [0.29, 0.717) is 5.04 Å². The highest BCUT2D eigenvalue weighted by Crippen LogP contribution is 2.51. The summed E-state index contributed by atoms with van der Waals surface area (Å²) in [4.78, 5) is 0. The van der Waals surface area contributed by atoms with Crippen molar-refractivity contribution in [3.8, 4) is 0 Å². The monoisotopic (exact) mass is 266 g/mol. The van der Waals surface area contributed by atoms with Gasteiger partial charge in [-0.2, -0.15) is 0 Å².